The van der Waals surface area contributed by atoms with Crippen LogP contribution in [-0.4, -0.2) is 54.4 Å². The minimum absolute atomic E-state index is 0.0466. The van der Waals surface area contributed by atoms with E-state index in [4.69, 9.17) is 5.11 Å². The van der Waals surface area contributed by atoms with Gasteiger partial charge in [-0.2, -0.15) is 0 Å². The van der Waals surface area contributed by atoms with E-state index in [0.29, 0.717) is 40.2 Å². The number of aliphatic hydroxyl groups is 2. The van der Waals surface area contributed by atoms with Gasteiger partial charge in [0, 0.05) is 23.9 Å². The number of nitrogens with zero attached hydrogens (tertiary/aromatic N) is 2. The highest BCUT2D eigenvalue weighted by atomic mass is 16.4. The van der Waals surface area contributed by atoms with Gasteiger partial charge in [0.25, 0.3) is 5.91 Å². The number of aromatic amines is 1. The van der Waals surface area contributed by atoms with Crippen LogP contribution in [0.25, 0.3) is 22.3 Å². The zero-order chi connectivity index (χ0) is 20.5. The second-order valence-electron chi connectivity index (χ2n) is 6.54. The lowest BCUT2D eigenvalue weighted by molar-refractivity contribution is -0.135. The fraction of sp³-hybridized carbons (Fsp3) is 0.263. The minimum atomic E-state index is -1.93. The molecule has 0 aliphatic rings. The number of nitrogens with one attached hydrogen (secondary N) is 2. The Morgan fingerprint density at radius 1 is 1.29 bits per heavy atom. The van der Waals surface area contributed by atoms with Gasteiger partial charge in [0.15, 0.2) is 5.60 Å². The first-order chi connectivity index (χ1) is 13.3. The summed E-state index contributed by atoms with van der Waals surface area (Å²) in [6.07, 6.45) is 1.93. The van der Waals surface area contributed by atoms with Crippen LogP contribution in [0.2, 0.25) is 0 Å². The molecule has 0 saturated heterocycles. The number of aromatic carboxylic acids is 1. The summed E-state index contributed by atoms with van der Waals surface area (Å²) in [6.45, 7) is 2.36. The van der Waals surface area contributed by atoms with Crippen molar-refractivity contribution < 1.29 is 24.9 Å². The van der Waals surface area contributed by atoms with Crippen LogP contribution < -0.4 is 5.32 Å². The van der Waals surface area contributed by atoms with E-state index in [1.165, 1.54) is 13.1 Å². The summed E-state index contributed by atoms with van der Waals surface area (Å²) in [5.74, 6) is -1.33. The van der Waals surface area contributed by atoms with Crippen LogP contribution in [0, 0.1) is 0 Å². The van der Waals surface area contributed by atoms with Crippen molar-refractivity contribution in [3.63, 3.8) is 0 Å². The molecule has 0 saturated carbocycles. The topological polar surface area (TPSA) is 148 Å². The van der Waals surface area contributed by atoms with Crippen molar-refractivity contribution in [3.05, 3.63) is 41.9 Å². The van der Waals surface area contributed by atoms with Gasteiger partial charge in [-0.25, -0.2) is 14.8 Å². The van der Waals surface area contributed by atoms with Crippen molar-refractivity contribution in [1.82, 2.24) is 15.0 Å². The van der Waals surface area contributed by atoms with Crippen molar-refractivity contribution in [3.8, 4) is 11.3 Å². The van der Waals surface area contributed by atoms with Crippen molar-refractivity contribution in [1.29, 1.82) is 0 Å². The van der Waals surface area contributed by atoms with E-state index in [9.17, 15) is 19.8 Å². The summed E-state index contributed by atoms with van der Waals surface area (Å²) in [6, 6.07) is 6.64. The highest BCUT2D eigenvalue weighted by molar-refractivity contribution is 6.08. The summed E-state index contributed by atoms with van der Waals surface area (Å²) in [5, 5.41) is 31.4. The molecule has 0 bridgehead atoms. The summed E-state index contributed by atoms with van der Waals surface area (Å²) in [5.41, 5.74) is -0.100. The molecule has 28 heavy (non-hydrogen) atoms. The lowest BCUT2D eigenvalue weighted by atomic mass is 10.0. The predicted molar refractivity (Wildman–Crippen MR) is 102 cm³/mol. The molecule has 0 aliphatic heterocycles. The summed E-state index contributed by atoms with van der Waals surface area (Å²) in [7, 11) is 0. The molecule has 146 valence electrons. The molecule has 9 nitrogen and oxygen atoms in total. The first-order valence-corrected chi connectivity index (χ1v) is 8.63. The van der Waals surface area contributed by atoms with Gasteiger partial charge in [0.05, 0.1) is 23.3 Å². The zero-order valence-corrected chi connectivity index (χ0v) is 15.4. The maximum atomic E-state index is 12.1. The molecular weight excluding hydrogens is 364 g/mol. The second-order valence-corrected chi connectivity index (χ2v) is 6.54. The maximum absolute atomic E-state index is 12.1. The molecule has 2 heterocycles. The third-order valence-electron chi connectivity index (χ3n) is 4.32. The molecule has 1 aromatic carbocycles. The number of aromatic nitrogens is 3. The number of carbonyl (C=O) groups is 2. The molecule has 0 aliphatic carbocycles. The van der Waals surface area contributed by atoms with Gasteiger partial charge in [-0.05, 0) is 19.1 Å². The van der Waals surface area contributed by atoms with Gasteiger partial charge >= 0.3 is 5.97 Å². The number of H-pyrrole nitrogens is 1. The highest BCUT2D eigenvalue weighted by Crippen LogP contribution is 2.30. The number of hydrogen-bond acceptors (Lipinski definition) is 6. The van der Waals surface area contributed by atoms with E-state index >= 15 is 0 Å². The molecule has 0 radical (unpaired) electrons. The van der Waals surface area contributed by atoms with Gasteiger partial charge in [-0.1, -0.05) is 19.1 Å². The number of aryl methyl sites for hydroxylation is 1. The Labute approximate surface area is 160 Å². The second kappa shape index (κ2) is 7.37. The number of benzene rings is 1. The number of amides is 1. The number of fused-ring (bicyclic) bond motifs is 1. The SMILES string of the molecule is CCc1nc(-c2cccc(NC(=O)C(C)(O)CO)c2)c2c(C(=O)O)c[nH]c2n1. The first kappa shape index (κ1) is 19.5. The van der Waals surface area contributed by atoms with Gasteiger partial charge in [-0.15, -0.1) is 0 Å². The molecule has 1 amide bonds. The average Bonchev–Trinajstić information content (AvgIpc) is 3.11. The number of aliphatic hydroxyl groups excluding tert-OH is 1. The predicted octanol–water partition coefficient (Wildman–Crippen LogP) is 1.57. The fourth-order valence-electron chi connectivity index (χ4n) is 2.70. The molecule has 1 unspecified atom stereocenters. The number of carboxylic acids is 1. The Kier molecular flexibility index (Phi) is 5.12. The lowest BCUT2D eigenvalue weighted by Crippen LogP contribution is -2.43. The number of rotatable bonds is 6. The summed E-state index contributed by atoms with van der Waals surface area (Å²) < 4.78 is 0. The van der Waals surface area contributed by atoms with E-state index in [1.807, 2.05) is 6.92 Å². The lowest BCUT2D eigenvalue weighted by Gasteiger charge is -2.19. The molecular formula is C19H20N4O5. The van der Waals surface area contributed by atoms with Crippen molar-refractivity contribution in [2.45, 2.75) is 25.9 Å². The maximum Gasteiger partial charge on any atom is 0.338 e. The first-order valence-electron chi connectivity index (χ1n) is 8.63. The van der Waals surface area contributed by atoms with E-state index in [0.717, 1.165) is 0 Å². The van der Waals surface area contributed by atoms with E-state index in [2.05, 4.69) is 20.3 Å². The minimum Gasteiger partial charge on any atom is -0.478 e. The Bertz CT molecular complexity index is 1060. The third-order valence-corrected chi connectivity index (χ3v) is 4.32. The standard InChI is InChI=1S/C19H20N4O5/c1-3-13-22-15(14-12(17(25)26)8-20-16(14)23-13)10-5-4-6-11(7-10)21-18(27)19(2,28)9-24/h4-8,24,28H,3,9H2,1-2H3,(H,21,27)(H,25,26)(H,20,22,23). The molecule has 0 spiro atoms. The smallest absolute Gasteiger partial charge is 0.338 e. The van der Waals surface area contributed by atoms with Gasteiger partial charge < -0.3 is 25.6 Å². The monoisotopic (exact) mass is 384 g/mol. The van der Waals surface area contributed by atoms with Crippen molar-refractivity contribution in [2.75, 3.05) is 11.9 Å². The molecule has 1 atom stereocenters. The number of carboxylic acid groups (broad SMARTS) is 1. The Hall–Kier alpha value is -3.30. The summed E-state index contributed by atoms with van der Waals surface area (Å²) >= 11 is 0. The van der Waals surface area contributed by atoms with Crippen molar-refractivity contribution >= 4 is 28.6 Å². The van der Waals surface area contributed by atoms with Crippen LogP contribution in [-0.2, 0) is 11.2 Å². The van der Waals surface area contributed by atoms with Gasteiger partial charge in [0.2, 0.25) is 0 Å². The quantitative estimate of drug-likeness (QED) is 0.433. The molecule has 5 N–H and O–H groups in total. The number of carbonyl (C=O) groups excluding carboxylic acids is 1. The van der Waals surface area contributed by atoms with Gasteiger partial charge in [0.1, 0.15) is 11.5 Å². The molecule has 3 aromatic rings. The van der Waals surface area contributed by atoms with Gasteiger partial charge in [-0.3, -0.25) is 4.79 Å². The van der Waals surface area contributed by atoms with E-state index < -0.39 is 24.1 Å². The van der Waals surface area contributed by atoms with E-state index in [-0.39, 0.29) is 5.56 Å². The van der Waals surface area contributed by atoms with E-state index in [1.54, 1.807) is 24.3 Å². The van der Waals surface area contributed by atoms with Crippen LogP contribution in [0.5, 0.6) is 0 Å². The average molecular weight is 384 g/mol. The molecule has 3 rings (SSSR count). The Balaban J connectivity index is 2.11. The number of hydrogen-bond donors (Lipinski definition) is 5. The normalized spacial score (nSPS) is 13.3. The molecule has 2 aromatic heterocycles. The molecule has 9 heteroatoms. The molecule has 0 fully saturated rings. The third kappa shape index (κ3) is 3.57. The van der Waals surface area contributed by atoms with Crippen molar-refractivity contribution in [2.24, 2.45) is 0 Å². The summed E-state index contributed by atoms with van der Waals surface area (Å²) in [4.78, 5) is 35.4. The van der Waals surface area contributed by atoms with Crippen LogP contribution in [0.1, 0.15) is 30.0 Å². The largest absolute Gasteiger partial charge is 0.478 e. The Morgan fingerprint density at radius 3 is 2.68 bits per heavy atom. The zero-order valence-electron chi connectivity index (χ0n) is 15.4. The fourth-order valence-corrected chi connectivity index (χ4v) is 2.70. The van der Waals surface area contributed by atoms with Crippen LogP contribution in [0.3, 0.4) is 0 Å². The number of anilines is 1. The highest BCUT2D eigenvalue weighted by Gasteiger charge is 2.29. The Morgan fingerprint density at radius 2 is 2.04 bits per heavy atom. The van der Waals surface area contributed by atoms with Crippen LogP contribution in [0.15, 0.2) is 30.5 Å². The van der Waals surface area contributed by atoms with Crippen LogP contribution in [0.4, 0.5) is 5.69 Å². The van der Waals surface area contributed by atoms with Crippen LogP contribution >= 0.6 is 0 Å².